The average molecular weight is 363 g/mol. The number of rotatable bonds is 2. The molecule has 7 N–H and O–H groups in total. The van der Waals surface area contributed by atoms with Crippen LogP contribution in [-0.2, 0) is 0 Å². The molecular weight excluding hydrogens is 348 g/mol. The zero-order chi connectivity index (χ0) is 19.0. The van der Waals surface area contributed by atoms with E-state index in [4.69, 9.17) is 33.0 Å². The summed E-state index contributed by atoms with van der Waals surface area (Å²) in [6.07, 6.45) is 1.03. The molecule has 0 aliphatic rings. The highest BCUT2D eigenvalue weighted by molar-refractivity contribution is 6.32. The number of halogens is 1. The molecule has 0 aromatic heterocycles. The number of primary amides is 1. The van der Waals surface area contributed by atoms with Gasteiger partial charge in [0.25, 0.3) is 0 Å². The number of nitrogens with one attached hydrogen (secondary N) is 1. The molecule has 7 nitrogen and oxygen atoms in total. The summed E-state index contributed by atoms with van der Waals surface area (Å²) >= 11 is 5.50. The number of nitrogens with two attached hydrogens (primary N) is 1. The highest BCUT2D eigenvalue weighted by Gasteiger charge is 2.06. The lowest BCUT2D eigenvalue weighted by Gasteiger charge is -2.01. The second-order valence-electron chi connectivity index (χ2n) is 4.57. The number of aliphatic hydroxyl groups is 1. The topological polar surface area (TPSA) is 148 Å². The van der Waals surface area contributed by atoms with Gasteiger partial charge in [-0.15, -0.1) is 0 Å². The number of aliphatic hydroxyl groups excluding tert-OH is 1. The zero-order valence-electron chi connectivity index (χ0n) is 12.8. The van der Waals surface area contributed by atoms with Crippen LogP contribution in [0.3, 0.4) is 0 Å². The second-order valence-corrected chi connectivity index (χ2v) is 4.98. The Morgan fingerprint density at radius 2 is 1.88 bits per heavy atom. The molecule has 0 aliphatic carbocycles. The SMILES string of the molecule is N=Cc1cc(O)c(O)c(C#CCO)c1.NC(=O)c1ccc(O)c(Cl)c1. The first-order chi connectivity index (χ1) is 11.8. The molecule has 0 fully saturated rings. The number of hydrogen-bond acceptors (Lipinski definition) is 6. The van der Waals surface area contributed by atoms with Gasteiger partial charge >= 0.3 is 0 Å². The van der Waals surface area contributed by atoms with Gasteiger partial charge in [-0.3, -0.25) is 4.79 Å². The quantitative estimate of drug-likeness (QED) is 0.272. The summed E-state index contributed by atoms with van der Waals surface area (Å²) in [6, 6.07) is 6.75. The van der Waals surface area contributed by atoms with Gasteiger partial charge < -0.3 is 31.6 Å². The molecule has 0 radical (unpaired) electrons. The Kier molecular flexibility index (Phi) is 7.28. The van der Waals surface area contributed by atoms with Crippen molar-refractivity contribution in [3.8, 4) is 29.1 Å². The lowest BCUT2D eigenvalue weighted by Crippen LogP contribution is -2.10. The molecule has 2 aromatic carbocycles. The summed E-state index contributed by atoms with van der Waals surface area (Å²) in [4.78, 5) is 10.5. The van der Waals surface area contributed by atoms with Crippen LogP contribution in [0.25, 0.3) is 0 Å². The van der Waals surface area contributed by atoms with E-state index in [0.717, 1.165) is 6.21 Å². The van der Waals surface area contributed by atoms with E-state index in [1.54, 1.807) is 0 Å². The minimum absolute atomic E-state index is 0.0586. The Hall–Kier alpha value is -3.21. The first-order valence-electron chi connectivity index (χ1n) is 6.74. The van der Waals surface area contributed by atoms with Crippen LogP contribution in [0.5, 0.6) is 17.2 Å². The molecule has 25 heavy (non-hydrogen) atoms. The van der Waals surface area contributed by atoms with E-state index >= 15 is 0 Å². The molecule has 0 unspecified atom stereocenters. The Bertz CT molecular complexity index is 856. The average Bonchev–Trinajstić information content (AvgIpc) is 2.58. The highest BCUT2D eigenvalue weighted by Crippen LogP contribution is 2.29. The number of phenols is 3. The van der Waals surface area contributed by atoms with Crippen molar-refractivity contribution in [1.29, 1.82) is 5.41 Å². The van der Waals surface area contributed by atoms with Crippen molar-refractivity contribution in [1.82, 2.24) is 0 Å². The van der Waals surface area contributed by atoms with Gasteiger partial charge in [0.2, 0.25) is 5.91 Å². The van der Waals surface area contributed by atoms with E-state index < -0.39 is 5.91 Å². The van der Waals surface area contributed by atoms with Crippen LogP contribution < -0.4 is 5.73 Å². The van der Waals surface area contributed by atoms with Crippen molar-refractivity contribution in [3.63, 3.8) is 0 Å². The van der Waals surface area contributed by atoms with Crippen LogP contribution in [-0.4, -0.2) is 39.2 Å². The maximum absolute atomic E-state index is 10.5. The molecule has 0 saturated carbocycles. The van der Waals surface area contributed by atoms with Crippen molar-refractivity contribution < 1.29 is 25.2 Å². The predicted octanol–water partition coefficient (Wildman–Crippen LogP) is 1.58. The van der Waals surface area contributed by atoms with Crippen LogP contribution in [0, 0.1) is 17.3 Å². The molecule has 2 rings (SSSR count). The number of carbonyl (C=O) groups is 1. The van der Waals surface area contributed by atoms with Crippen LogP contribution in [0.4, 0.5) is 0 Å². The number of benzene rings is 2. The molecule has 1 amide bonds. The fraction of sp³-hybridized carbons (Fsp3) is 0.0588. The Morgan fingerprint density at radius 1 is 1.20 bits per heavy atom. The Balaban J connectivity index is 0.000000257. The van der Waals surface area contributed by atoms with E-state index in [2.05, 4.69) is 11.8 Å². The number of aromatic hydroxyl groups is 3. The largest absolute Gasteiger partial charge is 0.506 e. The molecule has 0 saturated heterocycles. The fourth-order valence-electron chi connectivity index (χ4n) is 1.61. The van der Waals surface area contributed by atoms with Gasteiger partial charge in [0, 0.05) is 11.8 Å². The normalized spacial score (nSPS) is 9.20. The summed E-state index contributed by atoms with van der Waals surface area (Å²) < 4.78 is 0. The monoisotopic (exact) mass is 362 g/mol. The molecule has 0 bridgehead atoms. The molecular formula is C17H15ClN2O5. The van der Waals surface area contributed by atoms with Crippen LogP contribution >= 0.6 is 11.6 Å². The maximum atomic E-state index is 10.5. The zero-order valence-corrected chi connectivity index (χ0v) is 13.6. The van der Waals surface area contributed by atoms with E-state index in [0.29, 0.717) is 5.56 Å². The summed E-state index contributed by atoms with van der Waals surface area (Å²) in [5.74, 6) is 3.52. The minimum atomic E-state index is -0.563. The van der Waals surface area contributed by atoms with Crippen LogP contribution in [0.2, 0.25) is 5.02 Å². The Morgan fingerprint density at radius 3 is 2.40 bits per heavy atom. The lowest BCUT2D eigenvalue weighted by atomic mass is 10.1. The number of hydrogen-bond donors (Lipinski definition) is 6. The fourth-order valence-corrected chi connectivity index (χ4v) is 1.79. The van der Waals surface area contributed by atoms with Gasteiger partial charge in [-0.25, -0.2) is 0 Å². The summed E-state index contributed by atoms with van der Waals surface area (Å²) in [6.45, 7) is -0.324. The third-order valence-electron chi connectivity index (χ3n) is 2.81. The van der Waals surface area contributed by atoms with Crippen LogP contribution in [0.1, 0.15) is 21.5 Å². The molecule has 2 aromatic rings. The van der Waals surface area contributed by atoms with Crippen molar-refractivity contribution in [2.45, 2.75) is 0 Å². The molecule has 0 aliphatic heterocycles. The smallest absolute Gasteiger partial charge is 0.248 e. The van der Waals surface area contributed by atoms with Gasteiger partial charge in [-0.1, -0.05) is 23.4 Å². The van der Waals surface area contributed by atoms with E-state index in [9.17, 15) is 15.0 Å². The van der Waals surface area contributed by atoms with Gasteiger partial charge in [-0.05, 0) is 35.9 Å². The number of carbonyl (C=O) groups excluding carboxylic acids is 1. The maximum Gasteiger partial charge on any atom is 0.248 e. The second kappa shape index (κ2) is 9.17. The molecule has 0 spiro atoms. The number of amides is 1. The van der Waals surface area contributed by atoms with Gasteiger partial charge in [0.05, 0.1) is 10.6 Å². The van der Waals surface area contributed by atoms with E-state index in [-0.39, 0.29) is 40.0 Å². The standard InChI is InChI=1S/C10H9NO3.C7H6ClNO2/c11-6-7-4-8(2-1-3-12)10(14)9(13)5-7;8-5-3-4(7(9)11)1-2-6(5)10/h4-6,11-14H,3H2;1-3,10H,(H2,9,11). The van der Waals surface area contributed by atoms with Crippen molar-refractivity contribution in [2.24, 2.45) is 5.73 Å². The van der Waals surface area contributed by atoms with Gasteiger partial charge in [0.15, 0.2) is 11.5 Å². The van der Waals surface area contributed by atoms with Gasteiger partial charge in [-0.2, -0.15) is 0 Å². The van der Waals surface area contributed by atoms with Gasteiger partial charge in [0.1, 0.15) is 12.4 Å². The first kappa shape index (κ1) is 19.8. The molecule has 8 heteroatoms. The summed E-state index contributed by atoms with van der Waals surface area (Å²) in [7, 11) is 0. The summed E-state index contributed by atoms with van der Waals surface area (Å²) in [5, 5.41) is 43.1. The molecule has 0 atom stereocenters. The van der Waals surface area contributed by atoms with E-state index in [1.165, 1.54) is 30.3 Å². The first-order valence-corrected chi connectivity index (χ1v) is 7.12. The summed E-state index contributed by atoms with van der Waals surface area (Å²) in [5.41, 5.74) is 5.86. The lowest BCUT2D eigenvalue weighted by molar-refractivity contribution is 0.100. The third kappa shape index (κ3) is 5.73. The number of phenolic OH excluding ortho intramolecular Hbond substituents is 3. The highest BCUT2D eigenvalue weighted by atomic mass is 35.5. The minimum Gasteiger partial charge on any atom is -0.506 e. The van der Waals surface area contributed by atoms with E-state index in [1.807, 2.05) is 0 Å². The van der Waals surface area contributed by atoms with Crippen molar-refractivity contribution >= 4 is 23.7 Å². The molecule has 0 heterocycles. The van der Waals surface area contributed by atoms with Crippen molar-refractivity contribution in [2.75, 3.05) is 6.61 Å². The third-order valence-corrected chi connectivity index (χ3v) is 3.12. The molecule has 130 valence electrons. The predicted molar refractivity (Wildman–Crippen MR) is 93.3 cm³/mol. The van der Waals surface area contributed by atoms with Crippen molar-refractivity contribution in [3.05, 3.63) is 52.0 Å². The van der Waals surface area contributed by atoms with Crippen LogP contribution in [0.15, 0.2) is 30.3 Å². The Labute approximate surface area is 148 Å².